The van der Waals surface area contributed by atoms with Crippen LogP contribution in [-0.4, -0.2) is 33.7 Å². The van der Waals surface area contributed by atoms with Crippen LogP contribution >= 0.6 is 22.7 Å². The molecule has 0 aliphatic rings. The van der Waals surface area contributed by atoms with Crippen molar-refractivity contribution in [1.82, 2.24) is 14.8 Å². The van der Waals surface area contributed by atoms with Crippen molar-refractivity contribution in [3.63, 3.8) is 0 Å². The van der Waals surface area contributed by atoms with Crippen molar-refractivity contribution in [2.75, 3.05) is 17.7 Å². The summed E-state index contributed by atoms with van der Waals surface area (Å²) in [4.78, 5) is 32.1. The van der Waals surface area contributed by atoms with Crippen LogP contribution in [0, 0.1) is 13.8 Å². The Morgan fingerprint density at radius 1 is 0.914 bits per heavy atom. The summed E-state index contributed by atoms with van der Waals surface area (Å²) in [5.41, 5.74) is 2.93. The second kappa shape index (κ2) is 9.32. The number of ether oxygens (including phenoxy) is 1. The van der Waals surface area contributed by atoms with Crippen LogP contribution in [0.3, 0.4) is 0 Å². The fraction of sp³-hybridized carbons (Fsp3) is 0.120. The lowest BCUT2D eigenvalue weighted by atomic mass is 10.3. The number of hydrogen-bond acceptors (Lipinski definition) is 7. The van der Waals surface area contributed by atoms with Crippen LogP contribution in [0.4, 0.5) is 10.8 Å². The number of hydrogen-bond donors (Lipinski definition) is 2. The largest absolute Gasteiger partial charge is 0.497 e. The number of methoxy groups -OCH3 is 1. The number of nitrogens with zero attached hydrogens (tertiary/aromatic N) is 3. The van der Waals surface area contributed by atoms with E-state index >= 15 is 0 Å². The highest BCUT2D eigenvalue weighted by molar-refractivity contribution is 7.21. The van der Waals surface area contributed by atoms with Gasteiger partial charge in [0.1, 0.15) is 15.5 Å². The zero-order chi connectivity index (χ0) is 24.5. The number of thiazole rings is 1. The third-order valence-electron chi connectivity index (χ3n) is 5.32. The summed E-state index contributed by atoms with van der Waals surface area (Å²) in [6, 6.07) is 18.7. The highest BCUT2D eigenvalue weighted by atomic mass is 32.1. The predicted molar refractivity (Wildman–Crippen MR) is 139 cm³/mol. The number of aryl methyl sites for hydroxylation is 2. The zero-order valence-corrected chi connectivity index (χ0v) is 20.8. The standard InChI is InChI=1S/C25H21N5O3S2/c1-14-19-13-20(34-24(19)30(29-14)17-9-5-4-6-10-17)22(31)28-25-26-15(2)21(35-25)23(32)27-16-8-7-11-18(12-16)33-3/h4-13H,1-3H3,(H,27,32)(H,26,28,31). The number of rotatable bonds is 6. The second-order valence-electron chi connectivity index (χ2n) is 7.74. The lowest BCUT2D eigenvalue weighted by molar-refractivity contribution is 0.102. The van der Waals surface area contributed by atoms with Gasteiger partial charge in [0, 0.05) is 17.1 Å². The molecule has 0 aliphatic heterocycles. The number of aromatic nitrogens is 3. The summed E-state index contributed by atoms with van der Waals surface area (Å²) in [6.07, 6.45) is 0. The fourth-order valence-electron chi connectivity index (χ4n) is 3.61. The second-order valence-corrected chi connectivity index (χ2v) is 9.77. The molecule has 0 unspecified atom stereocenters. The number of carbonyl (C=O) groups excluding carboxylic acids is 2. The van der Waals surface area contributed by atoms with E-state index in [4.69, 9.17) is 4.74 Å². The molecular formula is C25H21N5O3S2. The van der Waals surface area contributed by atoms with E-state index < -0.39 is 0 Å². The summed E-state index contributed by atoms with van der Waals surface area (Å²) in [5.74, 6) is 0.0682. The molecule has 0 radical (unpaired) electrons. The molecule has 2 amide bonds. The van der Waals surface area contributed by atoms with Gasteiger partial charge >= 0.3 is 0 Å². The van der Waals surface area contributed by atoms with Gasteiger partial charge in [-0.2, -0.15) is 5.10 Å². The van der Waals surface area contributed by atoms with E-state index in [0.717, 1.165) is 32.9 Å². The molecule has 0 spiro atoms. The van der Waals surface area contributed by atoms with Gasteiger partial charge in [-0.1, -0.05) is 35.6 Å². The number of thiophene rings is 1. The summed E-state index contributed by atoms with van der Waals surface area (Å²) >= 11 is 2.50. The lowest BCUT2D eigenvalue weighted by Gasteiger charge is -2.06. The average Bonchev–Trinajstić information content (AvgIpc) is 3.54. The molecule has 5 aromatic rings. The van der Waals surface area contributed by atoms with Gasteiger partial charge in [-0.15, -0.1) is 11.3 Å². The maximum atomic E-state index is 13.0. The van der Waals surface area contributed by atoms with Gasteiger partial charge in [-0.25, -0.2) is 9.67 Å². The Labute approximate surface area is 209 Å². The summed E-state index contributed by atoms with van der Waals surface area (Å²) in [6.45, 7) is 3.66. The van der Waals surface area contributed by atoms with Gasteiger partial charge in [0.25, 0.3) is 11.8 Å². The van der Waals surface area contributed by atoms with Crippen LogP contribution in [0.1, 0.15) is 30.7 Å². The quantitative estimate of drug-likeness (QED) is 0.311. The van der Waals surface area contributed by atoms with Crippen molar-refractivity contribution < 1.29 is 14.3 Å². The SMILES string of the molecule is COc1cccc(NC(=O)c2sc(NC(=O)c3cc4c(C)nn(-c5ccccc5)c4s3)nc2C)c1. The van der Waals surface area contributed by atoms with Crippen molar-refractivity contribution in [2.24, 2.45) is 0 Å². The number of para-hydroxylation sites is 1. The number of nitrogens with one attached hydrogen (secondary N) is 2. The van der Waals surface area contributed by atoms with Gasteiger partial charge in [0.15, 0.2) is 5.13 Å². The van der Waals surface area contributed by atoms with Gasteiger partial charge in [0.05, 0.1) is 29.1 Å². The molecule has 3 heterocycles. The van der Waals surface area contributed by atoms with Crippen molar-refractivity contribution >= 4 is 55.5 Å². The molecule has 10 heteroatoms. The Morgan fingerprint density at radius 3 is 2.49 bits per heavy atom. The molecule has 2 N–H and O–H groups in total. The molecule has 2 aromatic carbocycles. The summed E-state index contributed by atoms with van der Waals surface area (Å²) < 4.78 is 7.05. The maximum absolute atomic E-state index is 13.0. The van der Waals surface area contributed by atoms with Gasteiger partial charge in [-0.05, 0) is 44.2 Å². The number of fused-ring (bicyclic) bond motifs is 1. The smallest absolute Gasteiger partial charge is 0.267 e. The van der Waals surface area contributed by atoms with E-state index in [0.29, 0.717) is 32.0 Å². The van der Waals surface area contributed by atoms with Crippen molar-refractivity contribution in [3.8, 4) is 11.4 Å². The first-order valence-electron chi connectivity index (χ1n) is 10.7. The highest BCUT2D eigenvalue weighted by Gasteiger charge is 2.20. The molecular weight excluding hydrogens is 482 g/mol. The summed E-state index contributed by atoms with van der Waals surface area (Å²) in [5, 5.41) is 11.6. The van der Waals surface area contributed by atoms with Crippen LogP contribution < -0.4 is 15.4 Å². The van der Waals surface area contributed by atoms with Gasteiger partial charge < -0.3 is 10.1 Å². The fourth-order valence-corrected chi connectivity index (χ4v) is 5.55. The molecule has 0 atom stereocenters. The van der Waals surface area contributed by atoms with Crippen molar-refractivity contribution in [1.29, 1.82) is 0 Å². The van der Waals surface area contributed by atoms with E-state index in [1.165, 1.54) is 11.3 Å². The normalized spacial score (nSPS) is 10.9. The topological polar surface area (TPSA) is 98.1 Å². The number of carbonyl (C=O) groups is 2. The molecule has 176 valence electrons. The van der Waals surface area contributed by atoms with Crippen LogP contribution in [0.15, 0.2) is 60.7 Å². The Bertz CT molecular complexity index is 1550. The molecule has 35 heavy (non-hydrogen) atoms. The molecule has 8 nitrogen and oxygen atoms in total. The van der Waals surface area contributed by atoms with Crippen molar-refractivity contribution in [2.45, 2.75) is 13.8 Å². The summed E-state index contributed by atoms with van der Waals surface area (Å²) in [7, 11) is 1.57. The molecule has 0 saturated heterocycles. The monoisotopic (exact) mass is 503 g/mol. The zero-order valence-electron chi connectivity index (χ0n) is 19.2. The van der Waals surface area contributed by atoms with E-state index in [-0.39, 0.29) is 11.8 Å². The Balaban J connectivity index is 1.35. The lowest BCUT2D eigenvalue weighted by Crippen LogP contribution is -2.11. The highest BCUT2D eigenvalue weighted by Crippen LogP contribution is 2.32. The average molecular weight is 504 g/mol. The molecule has 0 fully saturated rings. The minimum atomic E-state index is -0.297. The minimum absolute atomic E-state index is 0.279. The van der Waals surface area contributed by atoms with Crippen LogP contribution in [0.25, 0.3) is 15.9 Å². The van der Waals surface area contributed by atoms with Gasteiger partial charge in [0.2, 0.25) is 0 Å². The Hall–Kier alpha value is -4.02. The molecule has 0 bridgehead atoms. The predicted octanol–water partition coefficient (Wildman–Crippen LogP) is 5.67. The van der Waals surface area contributed by atoms with Crippen LogP contribution in [0.5, 0.6) is 5.75 Å². The molecule has 0 saturated carbocycles. The maximum Gasteiger partial charge on any atom is 0.267 e. The van der Waals surface area contributed by atoms with Crippen molar-refractivity contribution in [3.05, 3.63) is 81.8 Å². The third kappa shape index (κ3) is 4.53. The van der Waals surface area contributed by atoms with Crippen LogP contribution in [-0.2, 0) is 0 Å². The van der Waals surface area contributed by atoms with E-state index in [1.54, 1.807) is 38.3 Å². The van der Waals surface area contributed by atoms with Gasteiger partial charge in [-0.3, -0.25) is 14.9 Å². The first-order chi connectivity index (χ1) is 16.9. The number of benzene rings is 2. The molecule has 0 aliphatic carbocycles. The van der Waals surface area contributed by atoms with E-state index in [9.17, 15) is 9.59 Å². The first kappa shape index (κ1) is 22.8. The molecule has 5 rings (SSSR count). The van der Waals surface area contributed by atoms with E-state index in [1.807, 2.05) is 48.0 Å². The Morgan fingerprint density at radius 2 is 1.71 bits per heavy atom. The minimum Gasteiger partial charge on any atom is -0.497 e. The number of amides is 2. The number of anilines is 2. The molecule has 3 aromatic heterocycles. The van der Waals surface area contributed by atoms with Crippen LogP contribution in [0.2, 0.25) is 0 Å². The third-order valence-corrected chi connectivity index (χ3v) is 7.50. The van der Waals surface area contributed by atoms with E-state index in [2.05, 4.69) is 20.7 Å². The first-order valence-corrected chi connectivity index (χ1v) is 12.3. The Kier molecular flexibility index (Phi) is 6.06.